The van der Waals surface area contributed by atoms with Gasteiger partial charge in [-0.3, -0.25) is 4.90 Å². The fourth-order valence-corrected chi connectivity index (χ4v) is 2.68. The van der Waals surface area contributed by atoms with E-state index in [1.807, 2.05) is 24.3 Å². The van der Waals surface area contributed by atoms with E-state index in [1.54, 1.807) is 7.11 Å². The zero-order valence-electron chi connectivity index (χ0n) is 11.5. The maximum Gasteiger partial charge on any atom is 0.124 e. The molecule has 0 bridgehead atoms. The van der Waals surface area contributed by atoms with Crippen LogP contribution >= 0.6 is 0 Å². The van der Waals surface area contributed by atoms with Gasteiger partial charge in [-0.25, -0.2) is 0 Å². The Labute approximate surface area is 109 Å². The Kier molecular flexibility index (Phi) is 4.25. The molecular formula is C15H23NO2. The van der Waals surface area contributed by atoms with Gasteiger partial charge in [0, 0.05) is 25.2 Å². The van der Waals surface area contributed by atoms with Gasteiger partial charge in [0.2, 0.25) is 0 Å². The second kappa shape index (κ2) is 5.72. The third-order valence-corrected chi connectivity index (χ3v) is 3.99. The van der Waals surface area contributed by atoms with Crippen LogP contribution in [0.15, 0.2) is 24.3 Å². The average Bonchev–Trinajstić information content (AvgIpc) is 2.68. The van der Waals surface area contributed by atoms with Crippen molar-refractivity contribution in [3.05, 3.63) is 29.8 Å². The van der Waals surface area contributed by atoms with E-state index < -0.39 is 6.10 Å². The first-order valence-corrected chi connectivity index (χ1v) is 6.65. The number of β-amino-alcohol motifs (C(OH)–C–C–N with tert-alkyl or cyclic N) is 1. The molecule has 1 saturated heterocycles. The Bertz CT molecular complexity index is 384. The number of aliphatic hydroxyl groups is 1. The van der Waals surface area contributed by atoms with Crippen LogP contribution in [0.2, 0.25) is 0 Å². The van der Waals surface area contributed by atoms with Crippen molar-refractivity contribution >= 4 is 0 Å². The van der Waals surface area contributed by atoms with Crippen LogP contribution < -0.4 is 4.74 Å². The molecule has 1 fully saturated rings. The number of methoxy groups -OCH3 is 1. The minimum absolute atomic E-state index is 0.473. The lowest BCUT2D eigenvalue weighted by atomic mass is 10.0. The number of ether oxygens (including phenoxy) is 1. The highest BCUT2D eigenvalue weighted by Crippen LogP contribution is 2.28. The summed E-state index contributed by atoms with van der Waals surface area (Å²) in [7, 11) is 1.64. The molecule has 0 aliphatic carbocycles. The molecule has 0 aromatic heterocycles. The minimum Gasteiger partial charge on any atom is -0.496 e. The van der Waals surface area contributed by atoms with Crippen molar-refractivity contribution in [3.8, 4) is 5.75 Å². The van der Waals surface area contributed by atoms with Crippen molar-refractivity contribution in [2.24, 2.45) is 11.8 Å². The molecule has 1 heterocycles. The van der Waals surface area contributed by atoms with E-state index >= 15 is 0 Å². The number of nitrogens with zero attached hydrogens (tertiary/aromatic N) is 1. The lowest BCUT2D eigenvalue weighted by molar-refractivity contribution is 0.121. The molecule has 3 nitrogen and oxygen atoms in total. The second-order valence-electron chi connectivity index (χ2n) is 5.43. The Balaban J connectivity index is 2.01. The fourth-order valence-electron chi connectivity index (χ4n) is 2.68. The molecule has 18 heavy (non-hydrogen) atoms. The summed E-state index contributed by atoms with van der Waals surface area (Å²) in [5.74, 6) is 2.20. The van der Waals surface area contributed by atoms with Crippen molar-refractivity contribution in [3.63, 3.8) is 0 Å². The molecule has 1 aromatic rings. The van der Waals surface area contributed by atoms with E-state index in [4.69, 9.17) is 4.74 Å². The highest BCUT2D eigenvalue weighted by atomic mass is 16.5. The summed E-state index contributed by atoms with van der Waals surface area (Å²) in [6.07, 6.45) is -0.473. The number of rotatable bonds is 4. The highest BCUT2D eigenvalue weighted by Gasteiger charge is 2.28. The molecule has 0 radical (unpaired) electrons. The SMILES string of the molecule is COc1ccccc1C(O)CN1CC(C)C(C)C1. The van der Waals surface area contributed by atoms with Crippen molar-refractivity contribution < 1.29 is 9.84 Å². The molecule has 100 valence electrons. The molecule has 3 heteroatoms. The van der Waals surface area contributed by atoms with E-state index in [2.05, 4.69) is 18.7 Å². The largest absolute Gasteiger partial charge is 0.496 e. The first-order valence-electron chi connectivity index (χ1n) is 6.65. The number of hydrogen-bond donors (Lipinski definition) is 1. The zero-order valence-corrected chi connectivity index (χ0v) is 11.5. The van der Waals surface area contributed by atoms with Crippen molar-refractivity contribution in [2.75, 3.05) is 26.7 Å². The minimum atomic E-state index is -0.473. The average molecular weight is 249 g/mol. The van der Waals surface area contributed by atoms with Crippen molar-refractivity contribution in [2.45, 2.75) is 20.0 Å². The van der Waals surface area contributed by atoms with Crippen molar-refractivity contribution in [1.29, 1.82) is 0 Å². The number of likely N-dealkylation sites (tertiary alicyclic amines) is 1. The molecule has 1 N–H and O–H groups in total. The molecule has 1 aromatic carbocycles. The van der Waals surface area contributed by atoms with Crippen molar-refractivity contribution in [1.82, 2.24) is 4.90 Å². The monoisotopic (exact) mass is 249 g/mol. The predicted molar refractivity (Wildman–Crippen MR) is 72.7 cm³/mol. The quantitative estimate of drug-likeness (QED) is 0.889. The smallest absolute Gasteiger partial charge is 0.124 e. The number of hydrogen-bond acceptors (Lipinski definition) is 3. The number of benzene rings is 1. The summed E-state index contributed by atoms with van der Waals surface area (Å²) in [5, 5.41) is 10.3. The van der Waals surface area contributed by atoms with Gasteiger partial charge in [-0.2, -0.15) is 0 Å². The Morgan fingerprint density at radius 2 is 1.89 bits per heavy atom. The first kappa shape index (κ1) is 13.4. The third-order valence-electron chi connectivity index (χ3n) is 3.99. The summed E-state index contributed by atoms with van der Waals surface area (Å²) in [5.41, 5.74) is 0.882. The lowest BCUT2D eigenvalue weighted by Gasteiger charge is -2.21. The van der Waals surface area contributed by atoms with E-state index in [0.717, 1.165) is 36.2 Å². The first-order chi connectivity index (χ1) is 8.61. The summed E-state index contributed by atoms with van der Waals surface area (Å²) < 4.78 is 5.29. The van der Waals surface area contributed by atoms with E-state index in [-0.39, 0.29) is 0 Å². The van der Waals surface area contributed by atoms with Gasteiger partial charge in [-0.1, -0.05) is 32.0 Å². The lowest BCUT2D eigenvalue weighted by Crippen LogP contribution is -2.26. The van der Waals surface area contributed by atoms with E-state index in [1.165, 1.54) is 0 Å². The molecule has 1 aliphatic heterocycles. The van der Waals surface area contributed by atoms with E-state index in [9.17, 15) is 5.11 Å². The van der Waals surface area contributed by atoms with Gasteiger partial charge in [0.25, 0.3) is 0 Å². The summed E-state index contributed by atoms with van der Waals surface area (Å²) in [6.45, 7) is 7.40. The zero-order chi connectivity index (χ0) is 13.1. The van der Waals surface area contributed by atoms with Gasteiger partial charge in [0.05, 0.1) is 13.2 Å². The van der Waals surface area contributed by atoms with Gasteiger partial charge in [0.1, 0.15) is 5.75 Å². The standard InChI is InChI=1S/C15H23NO2/c1-11-8-16(9-12(11)2)10-14(17)13-6-4-5-7-15(13)18-3/h4-7,11-12,14,17H,8-10H2,1-3H3. The van der Waals surface area contributed by atoms with Crippen LogP contribution in [0.5, 0.6) is 5.75 Å². The maximum absolute atomic E-state index is 10.3. The molecule has 3 atom stereocenters. The molecule has 0 spiro atoms. The van der Waals surface area contributed by atoms with E-state index in [0.29, 0.717) is 6.54 Å². The molecular weight excluding hydrogens is 226 g/mol. The molecule has 2 rings (SSSR count). The van der Waals surface area contributed by atoms with Crippen LogP contribution in [0.3, 0.4) is 0 Å². The van der Waals surface area contributed by atoms with Gasteiger partial charge < -0.3 is 9.84 Å². The van der Waals surface area contributed by atoms with Gasteiger partial charge in [0.15, 0.2) is 0 Å². The summed E-state index contributed by atoms with van der Waals surface area (Å²) in [4.78, 5) is 2.34. The normalized spacial score (nSPS) is 26.2. The molecule has 1 aliphatic rings. The fraction of sp³-hybridized carbons (Fsp3) is 0.600. The molecule has 0 amide bonds. The third kappa shape index (κ3) is 2.85. The maximum atomic E-state index is 10.3. The number of aliphatic hydroxyl groups excluding tert-OH is 1. The van der Waals surface area contributed by atoms with Crippen LogP contribution in [0.1, 0.15) is 25.5 Å². The Morgan fingerprint density at radius 3 is 2.50 bits per heavy atom. The van der Waals surface area contributed by atoms with Crippen LogP contribution in [-0.2, 0) is 0 Å². The van der Waals surface area contributed by atoms with Crippen LogP contribution in [0.4, 0.5) is 0 Å². The van der Waals surface area contributed by atoms with Crippen LogP contribution in [0, 0.1) is 11.8 Å². The second-order valence-corrected chi connectivity index (χ2v) is 5.43. The summed E-state index contributed by atoms with van der Waals surface area (Å²) in [6, 6.07) is 7.70. The van der Waals surface area contributed by atoms with Gasteiger partial charge in [-0.05, 0) is 17.9 Å². The summed E-state index contributed by atoms with van der Waals surface area (Å²) >= 11 is 0. The van der Waals surface area contributed by atoms with Gasteiger partial charge >= 0.3 is 0 Å². The molecule has 0 saturated carbocycles. The van der Waals surface area contributed by atoms with Crippen LogP contribution in [0.25, 0.3) is 0 Å². The Hall–Kier alpha value is -1.06. The molecule has 3 unspecified atom stereocenters. The highest BCUT2D eigenvalue weighted by molar-refractivity contribution is 5.35. The van der Waals surface area contributed by atoms with Crippen LogP contribution in [-0.4, -0.2) is 36.8 Å². The predicted octanol–water partition coefficient (Wildman–Crippen LogP) is 2.32. The van der Waals surface area contributed by atoms with Gasteiger partial charge in [-0.15, -0.1) is 0 Å². The Morgan fingerprint density at radius 1 is 1.28 bits per heavy atom. The topological polar surface area (TPSA) is 32.7 Å². The number of para-hydroxylation sites is 1.